The normalized spacial score (nSPS) is 11.8. The standard InChI is InChI=1S/C10H5F3N6O4/c11-10(12,13)3-1-14-8(23-3)18-9(22)19-2-15-4-5(19)16-7(21)17-6(4)20/h1-2H,(H,14,18,22)(H2,16,17,20,21). The monoisotopic (exact) mass is 330 g/mol. The Morgan fingerprint density at radius 3 is 2.65 bits per heavy atom. The lowest BCUT2D eigenvalue weighted by molar-refractivity contribution is -0.152. The van der Waals surface area contributed by atoms with Crippen LogP contribution in [0.5, 0.6) is 0 Å². The summed E-state index contributed by atoms with van der Waals surface area (Å²) in [5, 5.41) is 1.94. The van der Waals surface area contributed by atoms with Crippen molar-refractivity contribution in [3.05, 3.63) is 39.1 Å². The zero-order valence-electron chi connectivity index (χ0n) is 10.8. The number of aromatic nitrogens is 5. The number of carbonyl (C=O) groups is 1. The summed E-state index contributed by atoms with van der Waals surface area (Å²) >= 11 is 0. The summed E-state index contributed by atoms with van der Waals surface area (Å²) in [5.74, 6) is -1.40. The molecule has 0 fully saturated rings. The van der Waals surface area contributed by atoms with Crippen molar-refractivity contribution in [1.29, 1.82) is 0 Å². The molecule has 23 heavy (non-hydrogen) atoms. The van der Waals surface area contributed by atoms with E-state index in [9.17, 15) is 27.6 Å². The summed E-state index contributed by atoms with van der Waals surface area (Å²) in [6.45, 7) is 0. The zero-order valence-corrected chi connectivity index (χ0v) is 10.8. The highest BCUT2D eigenvalue weighted by atomic mass is 19.4. The lowest BCUT2D eigenvalue weighted by Gasteiger charge is -2.03. The van der Waals surface area contributed by atoms with Crippen LogP contribution in [0.15, 0.2) is 26.5 Å². The Morgan fingerprint density at radius 1 is 1.26 bits per heavy atom. The van der Waals surface area contributed by atoms with Gasteiger partial charge in [-0.1, -0.05) is 0 Å². The Balaban J connectivity index is 1.94. The average Bonchev–Trinajstić information content (AvgIpc) is 3.04. The van der Waals surface area contributed by atoms with E-state index in [0.717, 1.165) is 6.33 Å². The van der Waals surface area contributed by atoms with E-state index in [0.29, 0.717) is 10.8 Å². The number of oxazole rings is 1. The van der Waals surface area contributed by atoms with Crippen LogP contribution in [-0.4, -0.2) is 30.5 Å². The number of imidazole rings is 1. The van der Waals surface area contributed by atoms with Crippen LogP contribution in [0, 0.1) is 0 Å². The number of alkyl halides is 3. The molecule has 10 nitrogen and oxygen atoms in total. The predicted octanol–water partition coefficient (Wildman–Crippen LogP) is 0.500. The molecule has 0 saturated heterocycles. The number of rotatable bonds is 1. The number of nitrogens with zero attached hydrogens (tertiary/aromatic N) is 3. The SMILES string of the molecule is O=C(Nc1ncc(C(F)(F)F)o1)n1cnc2c(=O)[nH]c(=O)[nH]c21. The van der Waals surface area contributed by atoms with E-state index < -0.39 is 35.2 Å². The van der Waals surface area contributed by atoms with Crippen molar-refractivity contribution in [3.8, 4) is 0 Å². The average molecular weight is 330 g/mol. The lowest BCUT2D eigenvalue weighted by Crippen LogP contribution is -2.25. The molecule has 0 atom stereocenters. The van der Waals surface area contributed by atoms with E-state index in [1.807, 2.05) is 10.3 Å². The third-order valence-corrected chi connectivity index (χ3v) is 2.66. The van der Waals surface area contributed by atoms with Crippen LogP contribution in [0.4, 0.5) is 24.0 Å². The Bertz CT molecular complexity index is 1010. The number of hydrogen-bond donors (Lipinski definition) is 3. The molecule has 0 aliphatic heterocycles. The quantitative estimate of drug-likeness (QED) is 0.594. The van der Waals surface area contributed by atoms with Gasteiger partial charge in [-0.15, -0.1) is 0 Å². The number of H-pyrrole nitrogens is 2. The minimum atomic E-state index is -4.75. The molecule has 13 heteroatoms. The van der Waals surface area contributed by atoms with Gasteiger partial charge in [0, 0.05) is 0 Å². The largest absolute Gasteiger partial charge is 0.451 e. The number of halogens is 3. The Hall–Kier alpha value is -3.38. The van der Waals surface area contributed by atoms with Gasteiger partial charge in [0.1, 0.15) is 6.33 Å². The highest BCUT2D eigenvalue weighted by Crippen LogP contribution is 2.30. The fourth-order valence-corrected chi connectivity index (χ4v) is 1.70. The molecule has 3 rings (SSSR count). The van der Waals surface area contributed by atoms with Crippen molar-refractivity contribution < 1.29 is 22.4 Å². The highest BCUT2D eigenvalue weighted by Gasteiger charge is 2.36. The fourth-order valence-electron chi connectivity index (χ4n) is 1.70. The van der Waals surface area contributed by atoms with Crippen LogP contribution >= 0.6 is 0 Å². The van der Waals surface area contributed by atoms with Gasteiger partial charge in [-0.25, -0.2) is 24.1 Å². The summed E-state index contributed by atoms with van der Waals surface area (Å²) < 4.78 is 42.2. The van der Waals surface area contributed by atoms with E-state index >= 15 is 0 Å². The molecule has 0 spiro atoms. The molecule has 0 bridgehead atoms. The van der Waals surface area contributed by atoms with Crippen LogP contribution in [0.25, 0.3) is 11.2 Å². The van der Waals surface area contributed by atoms with Gasteiger partial charge >= 0.3 is 23.9 Å². The van der Waals surface area contributed by atoms with E-state index in [4.69, 9.17) is 0 Å². The van der Waals surface area contributed by atoms with Crippen molar-refractivity contribution in [3.63, 3.8) is 0 Å². The molecule has 0 aliphatic carbocycles. The number of carbonyl (C=O) groups excluding carboxylic acids is 1. The van der Waals surface area contributed by atoms with Crippen molar-refractivity contribution in [1.82, 2.24) is 24.5 Å². The van der Waals surface area contributed by atoms with Crippen molar-refractivity contribution in [2.75, 3.05) is 5.32 Å². The molecule has 0 aliphatic rings. The number of nitrogens with one attached hydrogen (secondary N) is 3. The smallest absolute Gasteiger partial charge is 0.419 e. The molecule has 3 aromatic heterocycles. The Labute approximate surface area is 122 Å². The van der Waals surface area contributed by atoms with Gasteiger partial charge < -0.3 is 4.42 Å². The maximum Gasteiger partial charge on any atom is 0.451 e. The van der Waals surface area contributed by atoms with Gasteiger partial charge in [0.2, 0.25) is 5.76 Å². The number of aromatic amines is 2. The number of fused-ring (bicyclic) bond motifs is 1. The predicted molar refractivity (Wildman–Crippen MR) is 66.9 cm³/mol. The van der Waals surface area contributed by atoms with E-state index in [1.165, 1.54) is 0 Å². The summed E-state index contributed by atoms with van der Waals surface area (Å²) in [6.07, 6.45) is -3.46. The molecule has 0 unspecified atom stereocenters. The number of amides is 1. The molecule has 0 saturated carbocycles. The molecule has 3 aromatic rings. The van der Waals surface area contributed by atoms with Gasteiger partial charge in [0.05, 0.1) is 6.20 Å². The van der Waals surface area contributed by atoms with Gasteiger partial charge in [0.15, 0.2) is 11.2 Å². The summed E-state index contributed by atoms with van der Waals surface area (Å²) in [6, 6.07) is -1.75. The van der Waals surface area contributed by atoms with Crippen LogP contribution < -0.4 is 16.6 Å². The third kappa shape index (κ3) is 2.58. The maximum absolute atomic E-state index is 12.4. The molecule has 3 heterocycles. The Kier molecular flexibility index (Phi) is 3.05. The minimum absolute atomic E-state index is 0.233. The van der Waals surface area contributed by atoms with Gasteiger partial charge in [-0.3, -0.25) is 20.1 Å². The van der Waals surface area contributed by atoms with E-state index in [-0.39, 0.29) is 11.2 Å². The molecule has 3 N–H and O–H groups in total. The molecule has 0 aromatic carbocycles. The maximum atomic E-state index is 12.4. The van der Waals surface area contributed by atoms with Crippen molar-refractivity contribution in [2.45, 2.75) is 6.18 Å². The molecule has 0 radical (unpaired) electrons. The van der Waals surface area contributed by atoms with E-state index in [1.54, 1.807) is 0 Å². The summed E-state index contributed by atoms with van der Waals surface area (Å²) in [4.78, 5) is 45.6. The first-order valence-corrected chi connectivity index (χ1v) is 5.80. The van der Waals surface area contributed by atoms with Gasteiger partial charge in [-0.05, 0) is 0 Å². The third-order valence-electron chi connectivity index (χ3n) is 2.66. The second-order valence-electron chi connectivity index (χ2n) is 4.18. The zero-order chi connectivity index (χ0) is 16.8. The summed E-state index contributed by atoms with van der Waals surface area (Å²) in [7, 11) is 0. The first kappa shape index (κ1) is 14.6. The van der Waals surface area contributed by atoms with Crippen molar-refractivity contribution in [2.24, 2.45) is 0 Å². The van der Waals surface area contributed by atoms with Crippen LogP contribution in [-0.2, 0) is 6.18 Å². The summed E-state index contributed by atoms with van der Waals surface area (Å²) in [5.41, 5.74) is -2.18. The van der Waals surface area contributed by atoms with Crippen LogP contribution in [0.2, 0.25) is 0 Å². The molecular formula is C10H5F3N6O4. The van der Waals surface area contributed by atoms with Crippen LogP contribution in [0.1, 0.15) is 5.76 Å². The molecule has 120 valence electrons. The highest BCUT2D eigenvalue weighted by molar-refractivity contribution is 5.94. The number of anilines is 1. The van der Waals surface area contributed by atoms with Crippen molar-refractivity contribution >= 4 is 23.2 Å². The topological polar surface area (TPSA) is 139 Å². The lowest BCUT2D eigenvalue weighted by atomic mass is 10.5. The second kappa shape index (κ2) is 4.82. The minimum Gasteiger partial charge on any atom is -0.419 e. The number of hydrogen-bond acceptors (Lipinski definition) is 6. The fraction of sp³-hybridized carbons (Fsp3) is 0.100. The molecular weight excluding hydrogens is 325 g/mol. The van der Waals surface area contributed by atoms with Gasteiger partial charge in [0.25, 0.3) is 5.56 Å². The Morgan fingerprint density at radius 2 is 2.00 bits per heavy atom. The van der Waals surface area contributed by atoms with Gasteiger partial charge in [-0.2, -0.15) is 13.2 Å². The van der Waals surface area contributed by atoms with E-state index in [2.05, 4.69) is 19.4 Å². The second-order valence-corrected chi connectivity index (χ2v) is 4.18. The molecule has 1 amide bonds. The first-order valence-electron chi connectivity index (χ1n) is 5.80. The van der Waals surface area contributed by atoms with Crippen LogP contribution in [0.3, 0.4) is 0 Å². The first-order chi connectivity index (χ1) is 10.8.